The van der Waals surface area contributed by atoms with Gasteiger partial charge in [-0.2, -0.15) is 0 Å². The van der Waals surface area contributed by atoms with Gasteiger partial charge in [0, 0.05) is 20.1 Å². The van der Waals surface area contributed by atoms with Crippen LogP contribution in [-0.2, 0) is 9.47 Å². The summed E-state index contributed by atoms with van der Waals surface area (Å²) in [7, 11) is 0. The van der Waals surface area contributed by atoms with E-state index >= 15 is 0 Å². The van der Waals surface area contributed by atoms with Crippen LogP contribution in [-0.4, -0.2) is 19.1 Å². The predicted octanol–water partition coefficient (Wildman–Crippen LogP) is 0.196. The molecule has 0 heterocycles. The van der Waals surface area contributed by atoms with Gasteiger partial charge in [0.25, 0.3) is 0 Å². The topological polar surface area (TPSA) is 56.5 Å². The van der Waals surface area contributed by atoms with E-state index < -0.39 is 5.91 Å². The van der Waals surface area contributed by atoms with Gasteiger partial charge in [-0.3, -0.25) is 5.84 Å². The van der Waals surface area contributed by atoms with Gasteiger partial charge in [-0.05, 0) is 13.8 Å². The van der Waals surface area contributed by atoms with Crippen LogP contribution in [0.2, 0.25) is 0 Å². The van der Waals surface area contributed by atoms with Gasteiger partial charge in [0.1, 0.15) is 0 Å². The molecule has 0 rings (SSSR count). The largest absolute Gasteiger partial charge is 0.337 e. The third-order valence-corrected chi connectivity index (χ3v) is 1.10. The minimum absolute atomic E-state index is 0.570. The number of nitrogens with one attached hydrogen (secondary N) is 1. The van der Waals surface area contributed by atoms with Crippen LogP contribution >= 0.6 is 0 Å². The standard InChI is InChI=1S/C6H16N2O2/c1-4-9-6(3,8-7)10-5-2/h8H,4-5,7H2,1-3H3. The highest BCUT2D eigenvalue weighted by molar-refractivity contribution is 4.52. The van der Waals surface area contributed by atoms with Gasteiger partial charge in [0.15, 0.2) is 0 Å². The van der Waals surface area contributed by atoms with E-state index in [0.717, 1.165) is 0 Å². The highest BCUT2D eigenvalue weighted by Gasteiger charge is 2.21. The molecule has 0 amide bonds. The quantitative estimate of drug-likeness (QED) is 0.332. The average Bonchev–Trinajstić information content (AvgIpc) is 1.89. The zero-order valence-corrected chi connectivity index (χ0v) is 6.81. The molecular weight excluding hydrogens is 132 g/mol. The van der Waals surface area contributed by atoms with Crippen molar-refractivity contribution >= 4 is 0 Å². The Kier molecular flexibility index (Phi) is 4.55. The second-order valence-electron chi connectivity index (χ2n) is 1.96. The molecule has 0 aromatic rings. The molecule has 0 aliphatic heterocycles. The number of rotatable bonds is 5. The lowest BCUT2D eigenvalue weighted by Crippen LogP contribution is -2.51. The van der Waals surface area contributed by atoms with Gasteiger partial charge in [-0.1, -0.05) is 0 Å². The number of nitrogens with two attached hydrogens (primary N) is 1. The molecule has 0 bridgehead atoms. The number of hydrogen-bond donors (Lipinski definition) is 2. The first-order valence-corrected chi connectivity index (χ1v) is 3.44. The summed E-state index contributed by atoms with van der Waals surface area (Å²) in [5, 5.41) is 0. The first-order valence-electron chi connectivity index (χ1n) is 3.44. The lowest BCUT2D eigenvalue weighted by molar-refractivity contribution is -0.241. The summed E-state index contributed by atoms with van der Waals surface area (Å²) in [6, 6.07) is 0. The Morgan fingerprint density at radius 1 is 1.30 bits per heavy atom. The van der Waals surface area contributed by atoms with E-state index in [9.17, 15) is 0 Å². The van der Waals surface area contributed by atoms with Gasteiger partial charge in [0.05, 0.1) is 0 Å². The van der Waals surface area contributed by atoms with Gasteiger partial charge < -0.3 is 9.47 Å². The molecule has 62 valence electrons. The van der Waals surface area contributed by atoms with E-state index in [-0.39, 0.29) is 0 Å². The Morgan fingerprint density at radius 3 is 1.90 bits per heavy atom. The zero-order valence-electron chi connectivity index (χ0n) is 6.81. The average molecular weight is 148 g/mol. The number of ether oxygens (including phenoxy) is 2. The van der Waals surface area contributed by atoms with Gasteiger partial charge in [0.2, 0.25) is 5.91 Å². The lowest BCUT2D eigenvalue weighted by atomic mass is 10.5. The van der Waals surface area contributed by atoms with Crippen molar-refractivity contribution in [3.05, 3.63) is 0 Å². The number of hydrogen-bond acceptors (Lipinski definition) is 4. The predicted molar refractivity (Wildman–Crippen MR) is 39.0 cm³/mol. The SMILES string of the molecule is CCOC(C)(NN)OCC. The molecule has 0 aliphatic rings. The first-order chi connectivity index (χ1) is 4.68. The lowest BCUT2D eigenvalue weighted by Gasteiger charge is -2.27. The molecule has 4 nitrogen and oxygen atoms in total. The second-order valence-corrected chi connectivity index (χ2v) is 1.96. The molecule has 3 N–H and O–H groups in total. The summed E-state index contributed by atoms with van der Waals surface area (Å²) in [6.07, 6.45) is 0. The molecule has 0 atom stereocenters. The summed E-state index contributed by atoms with van der Waals surface area (Å²) in [5.41, 5.74) is 2.44. The summed E-state index contributed by atoms with van der Waals surface area (Å²) >= 11 is 0. The molecule has 0 spiro atoms. The van der Waals surface area contributed by atoms with Crippen LogP contribution in [0.15, 0.2) is 0 Å². The van der Waals surface area contributed by atoms with Crippen LogP contribution in [0.4, 0.5) is 0 Å². The minimum Gasteiger partial charge on any atom is -0.337 e. The molecule has 0 aliphatic carbocycles. The summed E-state index contributed by atoms with van der Waals surface area (Å²) in [4.78, 5) is 0. The molecule has 10 heavy (non-hydrogen) atoms. The van der Waals surface area contributed by atoms with Gasteiger partial charge in [-0.25, -0.2) is 5.43 Å². The maximum atomic E-state index is 5.18. The van der Waals surface area contributed by atoms with Crippen LogP contribution in [0, 0.1) is 0 Å². The Hall–Kier alpha value is -0.160. The maximum absolute atomic E-state index is 5.18. The summed E-state index contributed by atoms with van der Waals surface area (Å²) in [6.45, 7) is 6.64. The van der Waals surface area contributed by atoms with Crippen molar-refractivity contribution in [1.29, 1.82) is 0 Å². The van der Waals surface area contributed by atoms with Crippen LogP contribution in [0.25, 0.3) is 0 Å². The minimum atomic E-state index is -0.830. The molecule has 0 aromatic heterocycles. The van der Waals surface area contributed by atoms with Crippen LogP contribution in [0.5, 0.6) is 0 Å². The van der Waals surface area contributed by atoms with E-state index in [2.05, 4.69) is 5.43 Å². The van der Waals surface area contributed by atoms with Crippen molar-refractivity contribution in [2.75, 3.05) is 13.2 Å². The van der Waals surface area contributed by atoms with Crippen molar-refractivity contribution in [3.63, 3.8) is 0 Å². The van der Waals surface area contributed by atoms with Gasteiger partial charge >= 0.3 is 0 Å². The van der Waals surface area contributed by atoms with Crippen molar-refractivity contribution in [3.8, 4) is 0 Å². The molecule has 0 aromatic carbocycles. The molecule has 0 fully saturated rings. The maximum Gasteiger partial charge on any atom is 0.236 e. The monoisotopic (exact) mass is 148 g/mol. The summed E-state index contributed by atoms with van der Waals surface area (Å²) in [5.74, 6) is 4.35. The highest BCUT2D eigenvalue weighted by Crippen LogP contribution is 2.05. The fourth-order valence-corrected chi connectivity index (χ4v) is 0.676. The van der Waals surface area contributed by atoms with Crippen LogP contribution in [0.1, 0.15) is 20.8 Å². The van der Waals surface area contributed by atoms with E-state index in [1.807, 2.05) is 13.8 Å². The van der Waals surface area contributed by atoms with E-state index in [1.54, 1.807) is 6.92 Å². The molecule has 0 saturated heterocycles. The smallest absolute Gasteiger partial charge is 0.236 e. The van der Waals surface area contributed by atoms with Crippen molar-refractivity contribution < 1.29 is 9.47 Å². The molecule has 0 saturated carbocycles. The van der Waals surface area contributed by atoms with Crippen molar-refractivity contribution in [2.24, 2.45) is 5.84 Å². The Balaban J connectivity index is 3.69. The fourth-order valence-electron chi connectivity index (χ4n) is 0.676. The Bertz CT molecular complexity index is 81.8. The van der Waals surface area contributed by atoms with Crippen molar-refractivity contribution in [2.45, 2.75) is 26.7 Å². The first kappa shape index (κ1) is 9.84. The third-order valence-electron chi connectivity index (χ3n) is 1.10. The van der Waals surface area contributed by atoms with Crippen LogP contribution < -0.4 is 11.3 Å². The number of hydrazine groups is 1. The van der Waals surface area contributed by atoms with E-state index in [1.165, 1.54) is 0 Å². The van der Waals surface area contributed by atoms with E-state index in [4.69, 9.17) is 15.3 Å². The highest BCUT2D eigenvalue weighted by atomic mass is 16.7. The molecular formula is C6H16N2O2. The normalized spacial score (nSPS) is 12.0. The Labute approximate surface area is 61.7 Å². The molecule has 4 heteroatoms. The third kappa shape index (κ3) is 3.12. The van der Waals surface area contributed by atoms with Crippen LogP contribution in [0.3, 0.4) is 0 Å². The molecule has 0 radical (unpaired) electrons. The zero-order chi connectivity index (χ0) is 8.04. The molecule has 0 unspecified atom stereocenters. The Morgan fingerprint density at radius 2 is 1.70 bits per heavy atom. The fraction of sp³-hybridized carbons (Fsp3) is 1.00. The van der Waals surface area contributed by atoms with Crippen molar-refractivity contribution in [1.82, 2.24) is 5.43 Å². The summed E-state index contributed by atoms with van der Waals surface area (Å²) < 4.78 is 10.3. The van der Waals surface area contributed by atoms with Gasteiger partial charge in [-0.15, -0.1) is 0 Å². The second kappa shape index (κ2) is 4.62. The van der Waals surface area contributed by atoms with E-state index in [0.29, 0.717) is 13.2 Å².